The summed E-state index contributed by atoms with van der Waals surface area (Å²) in [6.45, 7) is 3.55. The second-order valence-corrected chi connectivity index (χ2v) is 8.74. The number of carbonyl (C=O) groups excluding carboxylic acids is 2. The van der Waals surface area contributed by atoms with Crippen LogP contribution in [0.4, 0.5) is 5.95 Å². The zero-order valence-corrected chi connectivity index (χ0v) is 17.6. The van der Waals surface area contributed by atoms with Gasteiger partial charge in [0.1, 0.15) is 11.7 Å². The highest BCUT2D eigenvalue weighted by atomic mass is 35.5. The molecule has 1 atom stereocenters. The molecule has 10 heteroatoms. The van der Waals surface area contributed by atoms with Crippen molar-refractivity contribution >= 4 is 40.7 Å². The van der Waals surface area contributed by atoms with Crippen molar-refractivity contribution < 1.29 is 14.3 Å². The Morgan fingerprint density at radius 1 is 1.45 bits per heavy atom. The monoisotopic (exact) mass is 435 g/mol. The van der Waals surface area contributed by atoms with Crippen molar-refractivity contribution in [3.63, 3.8) is 0 Å². The minimum atomic E-state index is -0.642. The third kappa shape index (κ3) is 4.08. The van der Waals surface area contributed by atoms with Crippen LogP contribution in [0.5, 0.6) is 0 Å². The van der Waals surface area contributed by atoms with Gasteiger partial charge in [0, 0.05) is 37.1 Å². The fourth-order valence-corrected chi connectivity index (χ4v) is 4.94. The van der Waals surface area contributed by atoms with E-state index in [2.05, 4.69) is 15.3 Å². The molecule has 0 aromatic carbocycles. The number of hydrogen-bond donors (Lipinski definition) is 2. The maximum absolute atomic E-state index is 12.9. The molecule has 0 spiro atoms. The molecule has 0 bridgehead atoms. The van der Waals surface area contributed by atoms with E-state index in [9.17, 15) is 9.59 Å². The summed E-state index contributed by atoms with van der Waals surface area (Å²) in [5.41, 5.74) is 6.56. The normalized spacial score (nSPS) is 18.4. The number of aromatic nitrogens is 2. The SMILES string of the molecule is CC(C(N)=O)N1CCc2sc(-c3nc(NC4CCOCC4)ncc3Cl)cc2C1=O. The summed E-state index contributed by atoms with van der Waals surface area (Å²) in [5.74, 6) is -0.191. The van der Waals surface area contributed by atoms with Crippen molar-refractivity contribution in [2.75, 3.05) is 25.1 Å². The van der Waals surface area contributed by atoms with E-state index in [1.807, 2.05) is 0 Å². The molecular formula is C19H22ClN5O3S. The van der Waals surface area contributed by atoms with Gasteiger partial charge in [0.2, 0.25) is 11.9 Å². The Balaban J connectivity index is 1.60. The number of amides is 2. The van der Waals surface area contributed by atoms with Crippen molar-refractivity contribution in [3.8, 4) is 10.6 Å². The van der Waals surface area contributed by atoms with E-state index >= 15 is 0 Å². The van der Waals surface area contributed by atoms with Crippen LogP contribution in [0.2, 0.25) is 5.02 Å². The van der Waals surface area contributed by atoms with Crippen LogP contribution in [0, 0.1) is 0 Å². The van der Waals surface area contributed by atoms with Crippen LogP contribution in [0.15, 0.2) is 12.3 Å². The zero-order chi connectivity index (χ0) is 20.5. The largest absolute Gasteiger partial charge is 0.381 e. The molecule has 0 radical (unpaired) electrons. The van der Waals surface area contributed by atoms with Gasteiger partial charge in [0.05, 0.1) is 21.7 Å². The lowest BCUT2D eigenvalue weighted by Crippen LogP contribution is -2.48. The number of primary amides is 1. The van der Waals surface area contributed by atoms with Crippen LogP contribution in [-0.2, 0) is 16.0 Å². The molecule has 1 saturated heterocycles. The van der Waals surface area contributed by atoms with Crippen molar-refractivity contribution in [1.82, 2.24) is 14.9 Å². The second kappa shape index (κ2) is 8.25. The van der Waals surface area contributed by atoms with Gasteiger partial charge in [-0.05, 0) is 25.8 Å². The first kappa shape index (κ1) is 20.1. The highest BCUT2D eigenvalue weighted by Gasteiger charge is 2.32. The third-order valence-corrected chi connectivity index (χ3v) is 6.77. The lowest BCUT2D eigenvalue weighted by Gasteiger charge is -2.30. The number of carbonyl (C=O) groups is 2. The van der Waals surface area contributed by atoms with Gasteiger partial charge >= 0.3 is 0 Å². The van der Waals surface area contributed by atoms with Crippen LogP contribution >= 0.6 is 22.9 Å². The van der Waals surface area contributed by atoms with Gasteiger partial charge in [-0.2, -0.15) is 0 Å². The molecule has 3 N–H and O–H groups in total. The predicted octanol–water partition coefficient (Wildman–Crippen LogP) is 2.32. The summed E-state index contributed by atoms with van der Waals surface area (Å²) in [6, 6.07) is 1.42. The van der Waals surface area contributed by atoms with E-state index in [1.165, 1.54) is 16.2 Å². The van der Waals surface area contributed by atoms with Crippen LogP contribution in [-0.4, -0.2) is 58.5 Å². The molecular weight excluding hydrogens is 414 g/mol. The molecule has 0 saturated carbocycles. The molecule has 29 heavy (non-hydrogen) atoms. The van der Waals surface area contributed by atoms with Crippen LogP contribution in [0.1, 0.15) is 35.0 Å². The molecule has 1 fully saturated rings. The standard InChI is InChI=1S/C19H22ClN5O3S/c1-10(17(21)26)25-5-2-14-12(18(25)27)8-15(29-14)16-13(20)9-22-19(24-16)23-11-3-6-28-7-4-11/h8-11H,2-7H2,1H3,(H2,21,26)(H,22,23,24). The van der Waals surface area contributed by atoms with Crippen molar-refractivity contribution in [3.05, 3.63) is 27.7 Å². The molecule has 0 aliphatic carbocycles. The Morgan fingerprint density at radius 2 is 2.21 bits per heavy atom. The molecule has 4 rings (SSSR count). The van der Waals surface area contributed by atoms with Crippen LogP contribution in [0.3, 0.4) is 0 Å². The van der Waals surface area contributed by atoms with Crippen molar-refractivity contribution in [2.45, 2.75) is 38.3 Å². The first-order valence-electron chi connectivity index (χ1n) is 9.54. The maximum atomic E-state index is 12.9. The minimum Gasteiger partial charge on any atom is -0.381 e. The smallest absolute Gasteiger partial charge is 0.255 e. The predicted molar refractivity (Wildman–Crippen MR) is 111 cm³/mol. The van der Waals surface area contributed by atoms with Crippen molar-refractivity contribution in [2.24, 2.45) is 5.73 Å². The highest BCUT2D eigenvalue weighted by molar-refractivity contribution is 7.16. The number of nitrogens with zero attached hydrogens (tertiary/aromatic N) is 3. The first-order valence-corrected chi connectivity index (χ1v) is 10.7. The van der Waals surface area contributed by atoms with Gasteiger partial charge in [-0.25, -0.2) is 9.97 Å². The van der Waals surface area contributed by atoms with E-state index in [1.54, 1.807) is 19.2 Å². The number of nitrogens with two attached hydrogens (primary N) is 1. The minimum absolute atomic E-state index is 0.189. The highest BCUT2D eigenvalue weighted by Crippen LogP contribution is 2.37. The summed E-state index contributed by atoms with van der Waals surface area (Å²) < 4.78 is 5.38. The van der Waals surface area contributed by atoms with Gasteiger partial charge in [0.15, 0.2) is 0 Å². The summed E-state index contributed by atoms with van der Waals surface area (Å²) in [6.07, 6.45) is 4.04. The summed E-state index contributed by atoms with van der Waals surface area (Å²) in [4.78, 5) is 36.5. The Morgan fingerprint density at radius 3 is 2.93 bits per heavy atom. The second-order valence-electron chi connectivity index (χ2n) is 7.20. The molecule has 2 amide bonds. The molecule has 154 valence electrons. The van der Waals surface area contributed by atoms with Crippen molar-refractivity contribution in [1.29, 1.82) is 0 Å². The number of ether oxygens (including phenoxy) is 1. The first-order chi connectivity index (χ1) is 13.9. The summed E-state index contributed by atoms with van der Waals surface area (Å²) in [5, 5.41) is 3.77. The number of halogens is 1. The lowest BCUT2D eigenvalue weighted by molar-refractivity contribution is -0.122. The average Bonchev–Trinajstić information content (AvgIpc) is 3.15. The zero-order valence-electron chi connectivity index (χ0n) is 16.0. The van der Waals surface area contributed by atoms with E-state index < -0.39 is 11.9 Å². The maximum Gasteiger partial charge on any atom is 0.255 e. The van der Waals surface area contributed by atoms with E-state index in [-0.39, 0.29) is 11.9 Å². The van der Waals surface area contributed by atoms with E-state index in [0.717, 1.165) is 35.8 Å². The molecule has 2 aliphatic heterocycles. The number of fused-ring (bicyclic) bond motifs is 1. The molecule has 1 unspecified atom stereocenters. The average molecular weight is 436 g/mol. The number of thiophene rings is 1. The summed E-state index contributed by atoms with van der Waals surface area (Å²) in [7, 11) is 0. The van der Waals surface area contributed by atoms with Gasteiger partial charge in [0.25, 0.3) is 5.91 Å². The Kier molecular flexibility index (Phi) is 5.71. The fraction of sp³-hybridized carbons (Fsp3) is 0.474. The molecule has 4 heterocycles. The quantitative estimate of drug-likeness (QED) is 0.745. The van der Waals surface area contributed by atoms with Gasteiger partial charge in [-0.1, -0.05) is 11.6 Å². The van der Waals surface area contributed by atoms with Crippen LogP contribution < -0.4 is 11.1 Å². The summed E-state index contributed by atoms with van der Waals surface area (Å²) >= 11 is 7.87. The molecule has 2 aromatic rings. The molecule has 2 aliphatic rings. The topological polar surface area (TPSA) is 110 Å². The number of hydrogen-bond acceptors (Lipinski definition) is 7. The number of nitrogens with one attached hydrogen (secondary N) is 1. The Hall–Kier alpha value is -2.23. The molecule has 2 aromatic heterocycles. The van der Waals surface area contributed by atoms with Gasteiger partial charge in [-0.15, -0.1) is 11.3 Å². The lowest BCUT2D eigenvalue weighted by atomic mass is 10.1. The van der Waals surface area contributed by atoms with E-state index in [0.29, 0.717) is 35.2 Å². The van der Waals surface area contributed by atoms with Crippen LogP contribution in [0.25, 0.3) is 10.6 Å². The van der Waals surface area contributed by atoms with Gasteiger partial charge in [-0.3, -0.25) is 9.59 Å². The Bertz CT molecular complexity index is 944. The third-order valence-electron chi connectivity index (χ3n) is 5.29. The number of anilines is 1. The number of rotatable bonds is 5. The van der Waals surface area contributed by atoms with E-state index in [4.69, 9.17) is 22.1 Å². The van der Waals surface area contributed by atoms with Gasteiger partial charge < -0.3 is 20.7 Å². The Labute approximate surface area is 177 Å². The fourth-order valence-electron chi connectivity index (χ4n) is 3.55. The molecule has 8 nitrogen and oxygen atoms in total.